The summed E-state index contributed by atoms with van der Waals surface area (Å²) in [6.07, 6.45) is 3.44. The first kappa shape index (κ1) is 14.7. The van der Waals surface area contributed by atoms with Crippen molar-refractivity contribution in [3.8, 4) is 0 Å². The molecule has 110 valence electrons. The number of nitrogens with one attached hydrogen (secondary N) is 1. The van der Waals surface area contributed by atoms with Crippen LogP contribution in [0.5, 0.6) is 0 Å². The van der Waals surface area contributed by atoms with Crippen LogP contribution in [0, 0.1) is 5.92 Å². The van der Waals surface area contributed by atoms with Crippen LogP contribution < -0.4 is 4.72 Å². The molecule has 1 saturated carbocycles. The van der Waals surface area contributed by atoms with Crippen LogP contribution in [-0.2, 0) is 24.3 Å². The fraction of sp³-hybridized carbons (Fsp3) is 0.917. The van der Waals surface area contributed by atoms with Gasteiger partial charge in [-0.25, -0.2) is 13.1 Å². The third-order valence-corrected chi connectivity index (χ3v) is 5.06. The Morgan fingerprint density at radius 2 is 2.11 bits per heavy atom. The Morgan fingerprint density at radius 3 is 2.74 bits per heavy atom. The molecule has 2 atom stereocenters. The number of carbonyl (C=O) groups is 1. The Balaban J connectivity index is 1.78. The predicted octanol–water partition coefficient (Wildman–Crippen LogP) is 0.427. The van der Waals surface area contributed by atoms with E-state index in [0.29, 0.717) is 12.5 Å². The number of methoxy groups -OCH3 is 1. The third-order valence-electron chi connectivity index (χ3n) is 3.57. The van der Waals surface area contributed by atoms with Gasteiger partial charge in [-0.3, -0.25) is 4.79 Å². The molecule has 0 aromatic rings. The van der Waals surface area contributed by atoms with E-state index in [1.165, 1.54) is 7.11 Å². The highest BCUT2D eigenvalue weighted by molar-refractivity contribution is 7.89. The Labute approximate surface area is 113 Å². The minimum Gasteiger partial charge on any atom is -0.469 e. The molecule has 6 nitrogen and oxygen atoms in total. The fourth-order valence-electron chi connectivity index (χ4n) is 2.43. The Morgan fingerprint density at radius 1 is 1.37 bits per heavy atom. The SMILES string of the molecule is COC(=O)CCCS(=O)(=O)NC1CCOC1C1CC1. The molecule has 1 N–H and O–H groups in total. The lowest BCUT2D eigenvalue weighted by molar-refractivity contribution is -0.140. The van der Waals surface area contributed by atoms with Crippen molar-refractivity contribution in [1.29, 1.82) is 0 Å². The van der Waals surface area contributed by atoms with E-state index in [-0.39, 0.29) is 36.7 Å². The van der Waals surface area contributed by atoms with Gasteiger partial charge in [0, 0.05) is 13.0 Å². The summed E-state index contributed by atoms with van der Waals surface area (Å²) in [5, 5.41) is 0. The second kappa shape index (κ2) is 6.19. The molecule has 0 aromatic carbocycles. The average molecular weight is 291 g/mol. The zero-order valence-corrected chi connectivity index (χ0v) is 11.9. The Kier molecular flexibility index (Phi) is 4.81. The summed E-state index contributed by atoms with van der Waals surface area (Å²) in [4.78, 5) is 10.9. The fourth-order valence-corrected chi connectivity index (χ4v) is 3.78. The largest absolute Gasteiger partial charge is 0.469 e. The minimum absolute atomic E-state index is 0.0374. The first-order valence-electron chi connectivity index (χ1n) is 6.70. The number of esters is 1. The highest BCUT2D eigenvalue weighted by Crippen LogP contribution is 2.38. The molecule has 0 bridgehead atoms. The van der Waals surface area contributed by atoms with Crippen molar-refractivity contribution >= 4 is 16.0 Å². The van der Waals surface area contributed by atoms with E-state index in [1.54, 1.807) is 0 Å². The van der Waals surface area contributed by atoms with Gasteiger partial charge >= 0.3 is 5.97 Å². The lowest BCUT2D eigenvalue weighted by atomic mass is 10.1. The molecule has 2 rings (SSSR count). The molecule has 0 amide bonds. The summed E-state index contributed by atoms with van der Waals surface area (Å²) in [5.41, 5.74) is 0. The van der Waals surface area contributed by atoms with Gasteiger partial charge in [-0.2, -0.15) is 0 Å². The minimum atomic E-state index is -3.35. The van der Waals surface area contributed by atoms with Crippen molar-refractivity contribution in [2.75, 3.05) is 19.5 Å². The zero-order valence-electron chi connectivity index (χ0n) is 11.1. The molecule has 1 aliphatic carbocycles. The van der Waals surface area contributed by atoms with Crippen LogP contribution in [0.25, 0.3) is 0 Å². The zero-order chi connectivity index (χ0) is 13.9. The number of hydrogen-bond acceptors (Lipinski definition) is 5. The topological polar surface area (TPSA) is 81.7 Å². The first-order chi connectivity index (χ1) is 9.02. The number of rotatable bonds is 7. The van der Waals surface area contributed by atoms with Gasteiger partial charge in [0.2, 0.25) is 10.0 Å². The monoisotopic (exact) mass is 291 g/mol. The summed E-state index contributed by atoms with van der Waals surface area (Å²) < 4.78 is 36.6. The van der Waals surface area contributed by atoms with Crippen molar-refractivity contribution in [2.24, 2.45) is 5.92 Å². The van der Waals surface area contributed by atoms with E-state index in [2.05, 4.69) is 9.46 Å². The maximum Gasteiger partial charge on any atom is 0.305 e. The van der Waals surface area contributed by atoms with Gasteiger partial charge in [0.25, 0.3) is 0 Å². The highest BCUT2D eigenvalue weighted by Gasteiger charge is 2.41. The van der Waals surface area contributed by atoms with Crippen LogP contribution >= 0.6 is 0 Å². The van der Waals surface area contributed by atoms with Gasteiger partial charge < -0.3 is 9.47 Å². The van der Waals surface area contributed by atoms with Crippen LogP contribution in [0.1, 0.15) is 32.1 Å². The molecule has 0 spiro atoms. The summed E-state index contributed by atoms with van der Waals surface area (Å²) in [6, 6.07) is -0.101. The van der Waals surface area contributed by atoms with E-state index in [1.807, 2.05) is 0 Å². The Bertz CT molecular complexity index is 418. The molecule has 1 saturated heterocycles. The van der Waals surface area contributed by atoms with Gasteiger partial charge in [-0.05, 0) is 31.6 Å². The second-order valence-corrected chi connectivity index (χ2v) is 7.06. The van der Waals surface area contributed by atoms with Crippen LogP contribution in [0.4, 0.5) is 0 Å². The summed E-state index contributed by atoms with van der Waals surface area (Å²) in [7, 11) is -2.05. The summed E-state index contributed by atoms with van der Waals surface area (Å²) >= 11 is 0. The first-order valence-corrected chi connectivity index (χ1v) is 8.35. The smallest absolute Gasteiger partial charge is 0.305 e. The van der Waals surface area contributed by atoms with Crippen molar-refractivity contribution in [3.05, 3.63) is 0 Å². The van der Waals surface area contributed by atoms with Gasteiger partial charge in [-0.15, -0.1) is 0 Å². The molecule has 0 radical (unpaired) electrons. The van der Waals surface area contributed by atoms with E-state index >= 15 is 0 Å². The van der Waals surface area contributed by atoms with Crippen molar-refractivity contribution in [1.82, 2.24) is 4.72 Å². The molecule has 7 heteroatoms. The maximum absolute atomic E-state index is 11.9. The lowest BCUT2D eigenvalue weighted by Crippen LogP contribution is -2.42. The second-order valence-electron chi connectivity index (χ2n) is 5.18. The molecule has 0 aromatic heterocycles. The van der Waals surface area contributed by atoms with Crippen LogP contribution in [0.2, 0.25) is 0 Å². The molecule has 1 heterocycles. The molecular formula is C12H21NO5S. The number of ether oxygens (including phenoxy) is 2. The number of carbonyl (C=O) groups excluding carboxylic acids is 1. The van der Waals surface area contributed by atoms with E-state index in [4.69, 9.17) is 4.74 Å². The summed E-state index contributed by atoms with van der Waals surface area (Å²) in [6.45, 7) is 0.622. The molecule has 2 unspecified atom stereocenters. The normalized spacial score (nSPS) is 27.4. The van der Waals surface area contributed by atoms with Crippen LogP contribution in [0.15, 0.2) is 0 Å². The maximum atomic E-state index is 11.9. The average Bonchev–Trinajstić information content (AvgIpc) is 3.10. The van der Waals surface area contributed by atoms with Gasteiger partial charge in [-0.1, -0.05) is 0 Å². The lowest BCUT2D eigenvalue weighted by Gasteiger charge is -2.19. The van der Waals surface area contributed by atoms with Gasteiger partial charge in [0.05, 0.1) is 25.0 Å². The quantitative estimate of drug-likeness (QED) is 0.688. The molecule has 19 heavy (non-hydrogen) atoms. The van der Waals surface area contributed by atoms with Crippen LogP contribution in [-0.4, -0.2) is 46.0 Å². The third kappa shape index (κ3) is 4.43. The Hall–Kier alpha value is -0.660. The van der Waals surface area contributed by atoms with Crippen molar-refractivity contribution < 1.29 is 22.7 Å². The van der Waals surface area contributed by atoms with E-state index in [9.17, 15) is 13.2 Å². The van der Waals surface area contributed by atoms with E-state index in [0.717, 1.165) is 19.3 Å². The predicted molar refractivity (Wildman–Crippen MR) is 69.0 cm³/mol. The van der Waals surface area contributed by atoms with Gasteiger partial charge in [0.1, 0.15) is 0 Å². The number of sulfonamides is 1. The van der Waals surface area contributed by atoms with Crippen LogP contribution in [0.3, 0.4) is 0 Å². The summed E-state index contributed by atoms with van der Waals surface area (Å²) in [5.74, 6) is 0.0937. The highest BCUT2D eigenvalue weighted by atomic mass is 32.2. The molecular weight excluding hydrogens is 270 g/mol. The number of hydrogen-bond donors (Lipinski definition) is 1. The molecule has 2 fully saturated rings. The van der Waals surface area contributed by atoms with Gasteiger partial charge in [0.15, 0.2) is 0 Å². The molecule has 2 aliphatic rings. The van der Waals surface area contributed by atoms with Crippen molar-refractivity contribution in [2.45, 2.75) is 44.2 Å². The van der Waals surface area contributed by atoms with Crippen molar-refractivity contribution in [3.63, 3.8) is 0 Å². The molecule has 1 aliphatic heterocycles. The standard InChI is InChI=1S/C12H21NO5S/c1-17-11(14)3-2-8-19(15,16)13-10-6-7-18-12(10)9-4-5-9/h9-10,12-13H,2-8H2,1H3. The van der Waals surface area contributed by atoms with E-state index < -0.39 is 10.0 Å².